The van der Waals surface area contributed by atoms with Gasteiger partial charge < -0.3 is 10.5 Å². The molecule has 1 saturated carbocycles. The molecule has 1 fully saturated rings. The summed E-state index contributed by atoms with van der Waals surface area (Å²) in [5, 5.41) is 0. The zero-order valence-corrected chi connectivity index (χ0v) is 7.88. The highest BCUT2D eigenvalue weighted by Gasteiger charge is 2.41. The zero-order chi connectivity index (χ0) is 9.90. The standard InChI is InChI=1S/C9H16FNO2/c1-13-8(12)9(6-11)4-2-7(10)3-5-9/h7H,2-6,11H2,1H3. The summed E-state index contributed by atoms with van der Waals surface area (Å²) >= 11 is 0. The molecule has 0 aromatic rings. The molecule has 0 atom stereocenters. The second-order valence-corrected chi connectivity index (χ2v) is 3.65. The highest BCUT2D eigenvalue weighted by molar-refractivity contribution is 5.77. The average molecular weight is 189 g/mol. The lowest BCUT2D eigenvalue weighted by Crippen LogP contribution is -2.42. The number of alkyl halides is 1. The molecule has 0 heterocycles. The summed E-state index contributed by atoms with van der Waals surface area (Å²) in [4.78, 5) is 11.4. The predicted octanol–water partition coefficient (Wildman–Crippen LogP) is 1.02. The molecular formula is C9H16FNO2. The lowest BCUT2D eigenvalue weighted by molar-refractivity contribution is -0.154. The SMILES string of the molecule is COC(=O)C1(CN)CCC(F)CC1. The number of carbonyl (C=O) groups is 1. The van der Waals surface area contributed by atoms with E-state index < -0.39 is 11.6 Å². The molecule has 0 spiro atoms. The van der Waals surface area contributed by atoms with Crippen molar-refractivity contribution in [2.24, 2.45) is 11.1 Å². The van der Waals surface area contributed by atoms with Crippen LogP contribution in [-0.4, -0.2) is 25.8 Å². The van der Waals surface area contributed by atoms with Gasteiger partial charge in [0.15, 0.2) is 0 Å². The van der Waals surface area contributed by atoms with Crippen LogP contribution in [0, 0.1) is 5.41 Å². The Kier molecular flexibility index (Phi) is 3.25. The Labute approximate surface area is 77.4 Å². The second kappa shape index (κ2) is 4.05. The third kappa shape index (κ3) is 1.99. The maximum atomic E-state index is 12.8. The van der Waals surface area contributed by atoms with E-state index in [-0.39, 0.29) is 12.5 Å². The zero-order valence-electron chi connectivity index (χ0n) is 7.88. The van der Waals surface area contributed by atoms with Gasteiger partial charge in [-0.1, -0.05) is 0 Å². The van der Waals surface area contributed by atoms with E-state index in [9.17, 15) is 9.18 Å². The van der Waals surface area contributed by atoms with Gasteiger partial charge in [-0.05, 0) is 25.7 Å². The van der Waals surface area contributed by atoms with E-state index in [0.717, 1.165) is 0 Å². The fraction of sp³-hybridized carbons (Fsp3) is 0.889. The van der Waals surface area contributed by atoms with Crippen LogP contribution in [0.4, 0.5) is 4.39 Å². The largest absolute Gasteiger partial charge is 0.469 e. The molecule has 0 saturated heterocycles. The first-order chi connectivity index (χ1) is 6.14. The minimum absolute atomic E-state index is 0.256. The number of hydrogen-bond acceptors (Lipinski definition) is 3. The Hall–Kier alpha value is -0.640. The van der Waals surface area contributed by atoms with Gasteiger partial charge >= 0.3 is 5.97 Å². The van der Waals surface area contributed by atoms with Crippen LogP contribution in [0.3, 0.4) is 0 Å². The normalized spacial score (nSPS) is 34.2. The van der Waals surface area contributed by atoms with Crippen LogP contribution in [0.15, 0.2) is 0 Å². The van der Waals surface area contributed by atoms with Crippen LogP contribution in [0.1, 0.15) is 25.7 Å². The summed E-state index contributed by atoms with van der Waals surface area (Å²) in [5.41, 5.74) is 4.92. The van der Waals surface area contributed by atoms with E-state index in [0.29, 0.717) is 25.7 Å². The first-order valence-electron chi connectivity index (χ1n) is 4.57. The lowest BCUT2D eigenvalue weighted by atomic mass is 9.73. The van der Waals surface area contributed by atoms with Crippen molar-refractivity contribution in [2.75, 3.05) is 13.7 Å². The van der Waals surface area contributed by atoms with Crippen molar-refractivity contribution in [3.8, 4) is 0 Å². The van der Waals surface area contributed by atoms with Crippen molar-refractivity contribution in [2.45, 2.75) is 31.9 Å². The van der Waals surface area contributed by atoms with Crippen LogP contribution in [-0.2, 0) is 9.53 Å². The maximum Gasteiger partial charge on any atom is 0.313 e. The Morgan fingerprint density at radius 2 is 2.15 bits per heavy atom. The van der Waals surface area contributed by atoms with E-state index in [4.69, 9.17) is 5.73 Å². The number of hydrogen-bond donors (Lipinski definition) is 1. The quantitative estimate of drug-likeness (QED) is 0.660. The topological polar surface area (TPSA) is 52.3 Å². The van der Waals surface area contributed by atoms with Crippen molar-refractivity contribution < 1.29 is 13.9 Å². The van der Waals surface area contributed by atoms with Gasteiger partial charge in [-0.25, -0.2) is 4.39 Å². The summed E-state index contributed by atoms with van der Waals surface area (Å²) in [7, 11) is 1.35. The first-order valence-corrected chi connectivity index (χ1v) is 4.57. The first kappa shape index (κ1) is 10.4. The number of halogens is 1. The fourth-order valence-electron chi connectivity index (χ4n) is 1.84. The molecule has 0 unspecified atom stereocenters. The smallest absolute Gasteiger partial charge is 0.313 e. The van der Waals surface area contributed by atoms with Gasteiger partial charge in [-0.3, -0.25) is 4.79 Å². The summed E-state index contributed by atoms with van der Waals surface area (Å²) in [5.74, 6) is -0.290. The van der Waals surface area contributed by atoms with Gasteiger partial charge in [0.25, 0.3) is 0 Å². The van der Waals surface area contributed by atoms with Crippen molar-refractivity contribution in [1.82, 2.24) is 0 Å². The van der Waals surface area contributed by atoms with E-state index in [2.05, 4.69) is 4.74 Å². The predicted molar refractivity (Wildman–Crippen MR) is 46.9 cm³/mol. The van der Waals surface area contributed by atoms with Gasteiger partial charge in [0.2, 0.25) is 0 Å². The molecule has 2 N–H and O–H groups in total. The molecule has 1 rings (SSSR count). The molecule has 76 valence electrons. The molecule has 13 heavy (non-hydrogen) atoms. The van der Waals surface area contributed by atoms with E-state index >= 15 is 0 Å². The molecule has 0 radical (unpaired) electrons. The maximum absolute atomic E-state index is 12.8. The number of rotatable bonds is 2. The van der Waals surface area contributed by atoms with Crippen LogP contribution in [0.2, 0.25) is 0 Å². The van der Waals surface area contributed by atoms with Crippen LogP contribution < -0.4 is 5.73 Å². The van der Waals surface area contributed by atoms with E-state index in [1.807, 2.05) is 0 Å². The molecule has 3 nitrogen and oxygen atoms in total. The number of nitrogens with two attached hydrogens (primary N) is 1. The summed E-state index contributed by atoms with van der Waals surface area (Å²) in [6.45, 7) is 0.256. The molecule has 0 bridgehead atoms. The molecular weight excluding hydrogens is 173 g/mol. The van der Waals surface area contributed by atoms with Crippen LogP contribution in [0.5, 0.6) is 0 Å². The van der Waals surface area contributed by atoms with Crippen LogP contribution >= 0.6 is 0 Å². The Morgan fingerprint density at radius 3 is 2.54 bits per heavy atom. The number of carbonyl (C=O) groups excluding carboxylic acids is 1. The molecule has 4 heteroatoms. The van der Waals surface area contributed by atoms with Gasteiger partial charge in [-0.15, -0.1) is 0 Å². The summed E-state index contributed by atoms with van der Waals surface area (Å²) in [6, 6.07) is 0. The van der Waals surface area contributed by atoms with E-state index in [1.54, 1.807) is 0 Å². The number of methoxy groups -OCH3 is 1. The third-order valence-electron chi connectivity index (χ3n) is 2.88. The minimum atomic E-state index is -0.774. The lowest BCUT2D eigenvalue weighted by Gasteiger charge is -2.34. The molecule has 0 aliphatic heterocycles. The van der Waals surface area contributed by atoms with Crippen molar-refractivity contribution in [3.63, 3.8) is 0 Å². The van der Waals surface area contributed by atoms with Gasteiger partial charge in [-0.2, -0.15) is 0 Å². The van der Waals surface area contributed by atoms with Crippen LogP contribution in [0.25, 0.3) is 0 Å². The van der Waals surface area contributed by atoms with Gasteiger partial charge in [0.05, 0.1) is 12.5 Å². The van der Waals surface area contributed by atoms with Crippen molar-refractivity contribution in [1.29, 1.82) is 0 Å². The molecule has 1 aliphatic rings. The average Bonchev–Trinajstić information content (AvgIpc) is 2.18. The summed E-state index contributed by atoms with van der Waals surface area (Å²) in [6.07, 6.45) is 1.09. The molecule has 0 aromatic carbocycles. The highest BCUT2D eigenvalue weighted by Crippen LogP contribution is 2.37. The fourth-order valence-corrected chi connectivity index (χ4v) is 1.84. The summed E-state index contributed by atoms with van der Waals surface area (Å²) < 4.78 is 17.5. The Balaban J connectivity index is 2.65. The Bertz CT molecular complexity index is 188. The van der Waals surface area contributed by atoms with E-state index in [1.165, 1.54) is 7.11 Å². The third-order valence-corrected chi connectivity index (χ3v) is 2.88. The molecule has 1 aliphatic carbocycles. The van der Waals surface area contributed by atoms with Gasteiger partial charge in [0, 0.05) is 6.54 Å². The second-order valence-electron chi connectivity index (χ2n) is 3.65. The van der Waals surface area contributed by atoms with Crippen molar-refractivity contribution >= 4 is 5.97 Å². The number of esters is 1. The molecule has 0 amide bonds. The molecule has 0 aromatic heterocycles. The number of ether oxygens (including phenoxy) is 1. The Morgan fingerprint density at radius 1 is 1.62 bits per heavy atom. The van der Waals surface area contributed by atoms with Crippen molar-refractivity contribution in [3.05, 3.63) is 0 Å². The highest BCUT2D eigenvalue weighted by atomic mass is 19.1. The van der Waals surface area contributed by atoms with Gasteiger partial charge in [0.1, 0.15) is 6.17 Å². The monoisotopic (exact) mass is 189 g/mol. The minimum Gasteiger partial charge on any atom is -0.469 e.